The maximum Gasteiger partial charge on any atom is 0.433 e. The smallest absolute Gasteiger partial charge is 0.390 e. The molecule has 0 spiro atoms. The number of hydrogen-bond donors (Lipinski definition) is 0. The van der Waals surface area contributed by atoms with Gasteiger partial charge in [-0.1, -0.05) is 0 Å². The van der Waals surface area contributed by atoms with E-state index in [2.05, 4.69) is 0 Å². The lowest BCUT2D eigenvalue weighted by atomic mass is 10.8. The van der Waals surface area contributed by atoms with Gasteiger partial charge in [-0.25, -0.2) is 0 Å². The van der Waals surface area contributed by atoms with Crippen molar-refractivity contribution in [3.63, 3.8) is 0 Å². The summed E-state index contributed by atoms with van der Waals surface area (Å²) in [5.41, 5.74) is 0. The van der Waals surface area contributed by atoms with E-state index < -0.39 is 0 Å². The molecule has 0 aliphatic heterocycles. The lowest BCUT2D eigenvalue weighted by Crippen LogP contribution is -2.13. The van der Waals surface area contributed by atoms with E-state index in [-0.39, 0.29) is 10.0 Å². The van der Waals surface area contributed by atoms with Crippen LogP contribution < -0.4 is 0 Å². The fraction of sp³-hybridized carbons (Fsp3) is 1.00. The molecule has 0 aromatic rings. The van der Waals surface area contributed by atoms with Crippen LogP contribution in [0.25, 0.3) is 0 Å². The molecule has 0 heterocycles. The third-order valence-corrected chi connectivity index (χ3v) is 1.83. The molecule has 4 nitrogen and oxygen atoms in total. The highest BCUT2D eigenvalue weighted by molar-refractivity contribution is 6.17. The van der Waals surface area contributed by atoms with Crippen molar-refractivity contribution in [3.8, 4) is 0 Å². The van der Waals surface area contributed by atoms with Crippen molar-refractivity contribution < 1.29 is 18.3 Å². The maximum absolute atomic E-state index is 5.14. The molecular formula is C8H18O4Si. The molecule has 0 atom stereocenters. The normalized spacial score (nSPS) is 10.6. The molecule has 0 aromatic carbocycles. The summed E-state index contributed by atoms with van der Waals surface area (Å²) in [6.45, 7) is 7.86. The lowest BCUT2D eigenvalue weighted by Gasteiger charge is -2.03. The highest BCUT2D eigenvalue weighted by Crippen LogP contribution is 1.79. The zero-order chi connectivity index (χ0) is 9.78. The molecule has 0 unspecified atom stereocenters. The van der Waals surface area contributed by atoms with E-state index in [9.17, 15) is 0 Å². The molecule has 5 heteroatoms. The van der Waals surface area contributed by atoms with E-state index in [0.717, 1.165) is 13.2 Å². The van der Waals surface area contributed by atoms with E-state index in [4.69, 9.17) is 18.3 Å². The van der Waals surface area contributed by atoms with Crippen LogP contribution in [-0.4, -0.2) is 49.6 Å². The monoisotopic (exact) mass is 206 g/mol. The number of rotatable bonds is 10. The molecule has 0 amide bonds. The molecule has 2 radical (unpaired) electrons. The Labute approximate surface area is 82.6 Å². The topological polar surface area (TPSA) is 36.9 Å². The molecule has 0 N–H and O–H groups in total. The minimum Gasteiger partial charge on any atom is -0.390 e. The van der Waals surface area contributed by atoms with Crippen LogP contribution in [0.5, 0.6) is 0 Å². The second-order valence-electron chi connectivity index (χ2n) is 2.17. The third-order valence-electron chi connectivity index (χ3n) is 1.19. The first-order chi connectivity index (χ1) is 6.41. The average Bonchev–Trinajstić information content (AvgIpc) is 2.16. The molecule has 0 aromatic heterocycles. The summed E-state index contributed by atoms with van der Waals surface area (Å²) in [7, 11) is 0.0947. The van der Waals surface area contributed by atoms with Gasteiger partial charge in [0.05, 0.1) is 26.4 Å². The summed E-state index contributed by atoms with van der Waals surface area (Å²) in [4.78, 5) is 0. The molecular weight excluding hydrogens is 188 g/mol. The molecule has 0 aliphatic rings. The SMILES string of the molecule is CCOCCO[Si]OCCOCC. The largest absolute Gasteiger partial charge is 0.433 e. The van der Waals surface area contributed by atoms with Gasteiger partial charge in [0.2, 0.25) is 0 Å². The van der Waals surface area contributed by atoms with Crippen molar-refractivity contribution in [2.45, 2.75) is 13.8 Å². The van der Waals surface area contributed by atoms with Gasteiger partial charge in [-0.15, -0.1) is 0 Å². The van der Waals surface area contributed by atoms with Crippen molar-refractivity contribution in [2.75, 3.05) is 39.6 Å². The molecule has 0 rings (SSSR count). The van der Waals surface area contributed by atoms with Crippen LogP contribution in [0.1, 0.15) is 13.8 Å². The van der Waals surface area contributed by atoms with E-state index in [0.29, 0.717) is 26.4 Å². The van der Waals surface area contributed by atoms with Gasteiger partial charge in [-0.05, 0) is 13.8 Å². The van der Waals surface area contributed by atoms with Crippen LogP contribution >= 0.6 is 0 Å². The molecule has 0 saturated heterocycles. The van der Waals surface area contributed by atoms with Gasteiger partial charge in [-0.2, -0.15) is 0 Å². The van der Waals surface area contributed by atoms with E-state index in [1.54, 1.807) is 0 Å². The second kappa shape index (κ2) is 12.1. The van der Waals surface area contributed by atoms with Crippen LogP contribution in [0.3, 0.4) is 0 Å². The van der Waals surface area contributed by atoms with Crippen molar-refractivity contribution in [3.05, 3.63) is 0 Å². The zero-order valence-electron chi connectivity index (χ0n) is 8.38. The van der Waals surface area contributed by atoms with Crippen LogP contribution in [0.15, 0.2) is 0 Å². The van der Waals surface area contributed by atoms with E-state index >= 15 is 0 Å². The van der Waals surface area contributed by atoms with Gasteiger partial charge in [0.1, 0.15) is 0 Å². The van der Waals surface area contributed by atoms with E-state index in [1.165, 1.54) is 0 Å². The van der Waals surface area contributed by atoms with Gasteiger partial charge in [-0.3, -0.25) is 0 Å². The Morgan fingerprint density at radius 2 is 1.23 bits per heavy atom. The van der Waals surface area contributed by atoms with Gasteiger partial charge >= 0.3 is 10.0 Å². The minimum atomic E-state index is 0.0947. The molecule has 78 valence electrons. The molecule has 0 bridgehead atoms. The molecule has 0 fully saturated rings. The first-order valence-electron chi connectivity index (χ1n) is 4.55. The van der Waals surface area contributed by atoms with Gasteiger partial charge in [0.25, 0.3) is 0 Å². The first-order valence-corrected chi connectivity index (χ1v) is 5.37. The third kappa shape index (κ3) is 12.1. The Kier molecular flexibility index (Phi) is 12.1. The average molecular weight is 206 g/mol. The highest BCUT2D eigenvalue weighted by Gasteiger charge is 1.93. The predicted octanol–water partition coefficient (Wildman–Crippen LogP) is 0.627. The summed E-state index contributed by atoms with van der Waals surface area (Å²) in [5, 5.41) is 0. The van der Waals surface area contributed by atoms with Gasteiger partial charge in [0.15, 0.2) is 0 Å². The molecule has 13 heavy (non-hydrogen) atoms. The fourth-order valence-corrected chi connectivity index (χ4v) is 1.03. The Morgan fingerprint density at radius 3 is 1.62 bits per heavy atom. The molecule has 0 saturated carbocycles. The molecule has 0 aliphatic carbocycles. The van der Waals surface area contributed by atoms with Crippen LogP contribution in [0, 0.1) is 0 Å². The van der Waals surface area contributed by atoms with Crippen molar-refractivity contribution in [1.82, 2.24) is 0 Å². The fourth-order valence-electron chi connectivity index (χ4n) is 0.615. The Morgan fingerprint density at radius 1 is 0.769 bits per heavy atom. The van der Waals surface area contributed by atoms with Crippen LogP contribution in [-0.2, 0) is 18.3 Å². The van der Waals surface area contributed by atoms with Crippen LogP contribution in [0.4, 0.5) is 0 Å². The highest BCUT2D eigenvalue weighted by atomic mass is 28.3. The minimum absolute atomic E-state index is 0.0947. The number of ether oxygens (including phenoxy) is 2. The number of hydrogen-bond acceptors (Lipinski definition) is 4. The summed E-state index contributed by atoms with van der Waals surface area (Å²) in [6, 6.07) is 0. The van der Waals surface area contributed by atoms with Crippen molar-refractivity contribution in [2.24, 2.45) is 0 Å². The zero-order valence-corrected chi connectivity index (χ0v) is 9.38. The summed E-state index contributed by atoms with van der Waals surface area (Å²) in [5.74, 6) is 0. The van der Waals surface area contributed by atoms with Gasteiger partial charge < -0.3 is 18.3 Å². The Balaban J connectivity index is 2.76. The summed E-state index contributed by atoms with van der Waals surface area (Å²) >= 11 is 0. The Hall–Kier alpha value is 0.0569. The standard InChI is InChI=1S/C8H18O4Si/c1-3-9-5-7-11-13-12-8-6-10-4-2/h3-8H2,1-2H3. The lowest BCUT2D eigenvalue weighted by molar-refractivity contribution is 0.0831. The van der Waals surface area contributed by atoms with E-state index in [1.807, 2.05) is 13.8 Å². The predicted molar refractivity (Wildman–Crippen MR) is 50.6 cm³/mol. The van der Waals surface area contributed by atoms with Crippen molar-refractivity contribution >= 4 is 10.0 Å². The van der Waals surface area contributed by atoms with Gasteiger partial charge in [0, 0.05) is 13.2 Å². The summed E-state index contributed by atoms with van der Waals surface area (Å²) in [6.07, 6.45) is 0. The Bertz CT molecular complexity index is 82.2. The van der Waals surface area contributed by atoms with Crippen LogP contribution in [0.2, 0.25) is 0 Å². The quantitative estimate of drug-likeness (QED) is 0.388. The summed E-state index contributed by atoms with van der Waals surface area (Å²) < 4.78 is 20.4. The van der Waals surface area contributed by atoms with Crippen molar-refractivity contribution in [1.29, 1.82) is 0 Å². The first kappa shape index (κ1) is 13.1. The second-order valence-corrected chi connectivity index (χ2v) is 2.92. The maximum atomic E-state index is 5.14.